The van der Waals surface area contributed by atoms with Gasteiger partial charge in [-0.3, -0.25) is 29.5 Å². The van der Waals surface area contributed by atoms with Gasteiger partial charge in [0, 0.05) is 85.0 Å². The van der Waals surface area contributed by atoms with E-state index in [1.54, 1.807) is 85.8 Å². The summed E-state index contributed by atoms with van der Waals surface area (Å²) in [6, 6.07) is 31.7. The molecule has 372 valence electrons. The molecule has 9 aromatic rings. The van der Waals surface area contributed by atoms with Crippen LogP contribution in [-0.4, -0.2) is 109 Å². The van der Waals surface area contributed by atoms with E-state index in [-0.39, 0.29) is 101 Å². The molecule has 74 heavy (non-hydrogen) atoms. The molecule has 0 bridgehead atoms. The first kappa shape index (κ1) is 63.5. The van der Waals surface area contributed by atoms with Crippen LogP contribution in [0.2, 0.25) is 0 Å². The number of carbonyl (C=O) groups excluding carboxylic acids is 3. The standard InChI is InChI=1S/2C9H5BrN2O2.2C9H5N2O2.C6H7BrN2.C5H6O4.2Y/c10-5-1-2-6-7(3-5)11-4-8(12-6)9(13)14;10-5-1-2-6-7(3-5)12-8(4-11-6)9(13)14;2*12-9(13)8-5-10-6-3-1-2-4-7(6)11-8;7-4-1-2-5(8)6(9)3-4;1-2-9-5(8)4(7)3-6;;/h2*1-4H,(H,13,14);2-5H,(H,12,13);1,3-5H,(H,12,13);1-3H,8-9H2;3H,2H2,1H3;;/q;;2*-1;;;;. The van der Waals surface area contributed by atoms with Crippen molar-refractivity contribution in [3.8, 4) is 0 Å². The molecule has 0 amide bonds. The molecule has 0 aliphatic heterocycles. The predicted octanol–water partition coefficient (Wildman–Crippen LogP) is 7.36. The van der Waals surface area contributed by atoms with E-state index in [9.17, 15) is 33.6 Å². The van der Waals surface area contributed by atoms with Gasteiger partial charge in [-0.2, -0.15) is 24.3 Å². The Morgan fingerprint density at radius 3 is 1.36 bits per heavy atom. The van der Waals surface area contributed by atoms with Gasteiger partial charge in [-0.25, -0.2) is 33.9 Å². The van der Waals surface area contributed by atoms with Crippen LogP contribution >= 0.6 is 47.8 Å². The number of hydrogen-bond donors (Lipinski definition) is 6. The Balaban J connectivity index is 0.000000305. The number of carboxylic acids is 4. The molecule has 4 heterocycles. The maximum absolute atomic E-state index is 10.6. The molecule has 0 fully saturated rings. The molecule has 22 nitrogen and oxygen atoms in total. The molecule has 0 aliphatic carbocycles. The SMILES string of the molecule is CCOC(=O)C(=O)C=O.Nc1ccc(Br)cc1N.O=C(O)c1cnc2c[c-]ccc2n1.O=C(O)c1cnc2cc(Br)ccc2n1.O=C(O)c1cnc2cc[c-]cc2n1.O=C(O)c1cnc2ccc(Br)cc2n1.[Y].[Y]. The number of aromatic nitrogens is 8. The van der Waals surface area contributed by atoms with Crippen molar-refractivity contribution in [1.29, 1.82) is 0 Å². The van der Waals surface area contributed by atoms with Crippen molar-refractivity contribution in [2.45, 2.75) is 6.92 Å². The number of benzene rings is 5. The van der Waals surface area contributed by atoms with Crippen molar-refractivity contribution >= 4 is 145 Å². The molecule has 9 rings (SSSR count). The van der Waals surface area contributed by atoms with E-state index in [2.05, 4.69) is 105 Å². The van der Waals surface area contributed by atoms with Crippen LogP contribution in [0, 0.1) is 12.1 Å². The molecule has 8 N–H and O–H groups in total. The molecular formula is C47H33Br3N10O12Y2-2. The van der Waals surface area contributed by atoms with Gasteiger partial charge in [-0.1, -0.05) is 47.8 Å². The summed E-state index contributed by atoms with van der Waals surface area (Å²) in [6.45, 7) is 1.66. The van der Waals surface area contributed by atoms with Gasteiger partial charge >= 0.3 is 35.6 Å². The van der Waals surface area contributed by atoms with E-state index in [0.717, 1.165) is 13.4 Å². The smallest absolute Gasteiger partial charge is 0.382 e. The number of Topliss-reactive ketones (excluding diaryl/α,β-unsaturated/α-hetero) is 1. The van der Waals surface area contributed by atoms with Crippen LogP contribution in [0.25, 0.3) is 44.1 Å². The van der Waals surface area contributed by atoms with Crippen LogP contribution in [0.1, 0.15) is 48.9 Å². The largest absolute Gasteiger partial charge is 0.477 e. The van der Waals surface area contributed by atoms with Crippen LogP contribution < -0.4 is 11.5 Å². The number of ether oxygens (including phenoxy) is 1. The van der Waals surface area contributed by atoms with E-state index in [0.29, 0.717) is 55.5 Å². The monoisotopic (exact) mass is 1340 g/mol. The van der Waals surface area contributed by atoms with Crippen LogP contribution in [0.15, 0.2) is 129 Å². The third-order valence-corrected chi connectivity index (χ3v) is 9.77. The van der Waals surface area contributed by atoms with Crippen LogP contribution in [0.4, 0.5) is 11.4 Å². The average Bonchev–Trinajstić information content (AvgIpc) is 3.37. The van der Waals surface area contributed by atoms with E-state index < -0.39 is 35.6 Å². The molecule has 0 aliphatic rings. The molecule has 0 atom stereocenters. The number of carbonyl (C=O) groups is 7. The summed E-state index contributed by atoms with van der Waals surface area (Å²) in [4.78, 5) is 104. The Labute approximate surface area is 493 Å². The second kappa shape index (κ2) is 31.9. The molecule has 0 saturated heterocycles. The van der Waals surface area contributed by atoms with Gasteiger partial charge in [0.15, 0.2) is 29.1 Å². The number of ketones is 1. The van der Waals surface area contributed by atoms with Crippen molar-refractivity contribution in [1.82, 2.24) is 39.9 Å². The molecule has 27 heteroatoms. The summed E-state index contributed by atoms with van der Waals surface area (Å²) in [7, 11) is 0. The van der Waals surface area contributed by atoms with Crippen LogP contribution in [0.5, 0.6) is 0 Å². The minimum absolute atomic E-state index is 0. The minimum atomic E-state index is -1.14. The first-order chi connectivity index (χ1) is 34.3. The molecule has 2 radical (unpaired) electrons. The zero-order valence-corrected chi connectivity index (χ0v) is 48.3. The van der Waals surface area contributed by atoms with E-state index in [4.69, 9.17) is 31.9 Å². The number of aldehydes is 1. The fourth-order valence-corrected chi connectivity index (χ4v) is 6.06. The van der Waals surface area contributed by atoms with Crippen molar-refractivity contribution in [3.63, 3.8) is 0 Å². The Kier molecular flexibility index (Phi) is 27.4. The Hall–Kier alpha value is -6.60. The van der Waals surface area contributed by atoms with Gasteiger partial charge in [-0.05, 0) is 83.6 Å². The van der Waals surface area contributed by atoms with Gasteiger partial charge in [0.25, 0.3) is 0 Å². The molecule has 0 spiro atoms. The second-order valence-corrected chi connectivity index (χ2v) is 16.1. The van der Waals surface area contributed by atoms with Crippen molar-refractivity contribution < 1.29 is 124 Å². The number of nitrogens with zero attached hydrogens (tertiary/aromatic N) is 8. The van der Waals surface area contributed by atoms with E-state index >= 15 is 0 Å². The maximum atomic E-state index is 10.6. The third-order valence-electron chi connectivity index (χ3n) is 8.29. The van der Waals surface area contributed by atoms with Gasteiger partial charge in [0.2, 0.25) is 0 Å². The van der Waals surface area contributed by atoms with E-state index in [1.165, 1.54) is 24.8 Å². The fraction of sp³-hybridized carbons (Fsp3) is 0.0426. The second-order valence-electron chi connectivity index (χ2n) is 13.3. The summed E-state index contributed by atoms with van der Waals surface area (Å²) in [6.07, 6.45) is 4.90. The topological polar surface area (TPSA) is 365 Å². The van der Waals surface area contributed by atoms with Crippen LogP contribution in [0.3, 0.4) is 0 Å². The third kappa shape index (κ3) is 20.4. The maximum Gasteiger partial charge on any atom is 0.382 e. The summed E-state index contributed by atoms with van der Waals surface area (Å²) >= 11 is 9.84. The number of rotatable bonds is 7. The summed E-state index contributed by atoms with van der Waals surface area (Å²) < 4.78 is 6.87. The number of aromatic carboxylic acids is 4. The van der Waals surface area contributed by atoms with Gasteiger partial charge < -0.3 is 46.6 Å². The number of carboxylic acid groups (broad SMARTS) is 4. The average molecular weight is 1350 g/mol. The minimum Gasteiger partial charge on any atom is -0.477 e. The first-order valence-corrected chi connectivity index (χ1v) is 22.2. The Morgan fingerprint density at radius 1 is 0.514 bits per heavy atom. The summed E-state index contributed by atoms with van der Waals surface area (Å²) in [5.74, 6) is -6.51. The van der Waals surface area contributed by atoms with Gasteiger partial charge in [0.05, 0.1) is 58.6 Å². The van der Waals surface area contributed by atoms with Crippen LogP contribution in [-0.2, 0) is 84.5 Å². The predicted molar refractivity (Wildman–Crippen MR) is 270 cm³/mol. The van der Waals surface area contributed by atoms with Crippen molar-refractivity contribution in [2.75, 3.05) is 18.1 Å². The Morgan fingerprint density at radius 2 is 0.892 bits per heavy atom. The van der Waals surface area contributed by atoms with Crippen molar-refractivity contribution in [3.05, 3.63) is 164 Å². The van der Waals surface area contributed by atoms with Gasteiger partial charge in [-0.15, -0.1) is 24.3 Å². The number of esters is 1. The van der Waals surface area contributed by atoms with E-state index in [1.807, 2.05) is 12.1 Å². The number of nitrogen functional groups attached to an aromatic ring is 2. The molecule has 0 unspecified atom stereocenters. The number of halogens is 3. The van der Waals surface area contributed by atoms with Crippen molar-refractivity contribution in [2.24, 2.45) is 0 Å². The number of anilines is 2. The molecule has 5 aromatic carbocycles. The fourth-order valence-electron chi connectivity index (χ4n) is 4.98. The normalized spacial score (nSPS) is 9.62. The first-order valence-electron chi connectivity index (χ1n) is 19.8. The molecular weight excluding hydrogens is 1310 g/mol. The number of fused-ring (bicyclic) bond motifs is 4. The van der Waals surface area contributed by atoms with Gasteiger partial charge in [0.1, 0.15) is 0 Å². The zero-order chi connectivity index (χ0) is 52.9. The Bertz CT molecular complexity index is 3390. The summed E-state index contributed by atoms with van der Waals surface area (Å²) in [5, 5.41) is 34.7. The molecule has 4 aromatic heterocycles. The quantitative estimate of drug-likeness (QED) is 0.0226. The molecule has 0 saturated carbocycles. The number of hydrogen-bond acceptors (Lipinski definition) is 18. The zero-order valence-electron chi connectivity index (χ0n) is 37.8. The summed E-state index contributed by atoms with van der Waals surface area (Å²) in [5.41, 5.74) is 16.9. The number of nitrogens with two attached hydrogens (primary N) is 2.